The molecule has 2 aromatic carbocycles. The molecule has 0 atom stereocenters. The lowest BCUT2D eigenvalue weighted by atomic mass is 10.2. The van der Waals surface area contributed by atoms with E-state index in [1.807, 2.05) is 48.5 Å². The molecule has 0 aliphatic rings. The molecule has 0 N–H and O–H groups in total. The second kappa shape index (κ2) is 6.32. The number of carbonyl (C=O) groups excluding carboxylic acids is 1. The summed E-state index contributed by atoms with van der Waals surface area (Å²) in [4.78, 5) is 13.1. The molecule has 0 saturated carbocycles. The van der Waals surface area contributed by atoms with Crippen molar-refractivity contribution < 1.29 is 4.79 Å². The third kappa shape index (κ3) is 4.09. The molecule has 18 heavy (non-hydrogen) atoms. The number of halogens is 1. The standard InChI is InChI=1S/C14H11ClOS2/c15-11-3-7-13(8-4-11)18-12-5-1-10(2-6-12)9-14(16)17/h1-8H,9H2,(H,16,17). The minimum Gasteiger partial charge on any atom is -0.287 e. The van der Waals surface area contributed by atoms with Gasteiger partial charge in [-0.1, -0.05) is 35.5 Å². The van der Waals surface area contributed by atoms with Crippen LogP contribution in [0.15, 0.2) is 58.3 Å². The predicted molar refractivity (Wildman–Crippen MR) is 79.7 cm³/mol. The summed E-state index contributed by atoms with van der Waals surface area (Å²) >= 11 is 11.3. The highest BCUT2D eigenvalue weighted by molar-refractivity contribution is 7.99. The highest BCUT2D eigenvalue weighted by Crippen LogP contribution is 2.28. The average molecular weight is 295 g/mol. The highest BCUT2D eigenvalue weighted by Gasteiger charge is 2.00. The van der Waals surface area contributed by atoms with Crippen LogP contribution in [0.25, 0.3) is 0 Å². The monoisotopic (exact) mass is 294 g/mol. The Labute approximate surface area is 121 Å². The summed E-state index contributed by atoms with van der Waals surface area (Å²) in [5.74, 6) is 0. The van der Waals surface area contributed by atoms with E-state index in [2.05, 4.69) is 12.6 Å². The fourth-order valence-electron chi connectivity index (χ4n) is 1.49. The normalized spacial score (nSPS) is 10.3. The van der Waals surface area contributed by atoms with Gasteiger partial charge in [0.2, 0.25) is 0 Å². The lowest BCUT2D eigenvalue weighted by Crippen LogP contribution is -1.92. The van der Waals surface area contributed by atoms with Crippen LogP contribution in [-0.2, 0) is 11.2 Å². The van der Waals surface area contributed by atoms with E-state index in [0.29, 0.717) is 6.42 Å². The second-order valence-corrected chi connectivity index (χ2v) is 5.85. The quantitative estimate of drug-likeness (QED) is 0.837. The van der Waals surface area contributed by atoms with Gasteiger partial charge in [0.1, 0.15) is 0 Å². The Morgan fingerprint density at radius 3 is 2.00 bits per heavy atom. The van der Waals surface area contributed by atoms with E-state index in [1.54, 1.807) is 11.8 Å². The molecule has 0 radical (unpaired) electrons. The fraction of sp³-hybridized carbons (Fsp3) is 0.0714. The first-order valence-corrected chi connectivity index (χ1v) is 7.02. The van der Waals surface area contributed by atoms with Gasteiger partial charge >= 0.3 is 0 Å². The van der Waals surface area contributed by atoms with Crippen molar-refractivity contribution in [2.24, 2.45) is 0 Å². The van der Waals surface area contributed by atoms with Gasteiger partial charge in [-0.25, -0.2) is 0 Å². The van der Waals surface area contributed by atoms with Gasteiger partial charge in [-0.15, -0.1) is 12.6 Å². The molecular weight excluding hydrogens is 284 g/mol. The van der Waals surface area contributed by atoms with Gasteiger partial charge in [0, 0.05) is 21.2 Å². The maximum absolute atomic E-state index is 10.9. The number of thiol groups is 1. The van der Waals surface area contributed by atoms with E-state index in [-0.39, 0.29) is 5.12 Å². The molecule has 2 aromatic rings. The number of hydrogen-bond acceptors (Lipinski definition) is 2. The highest BCUT2D eigenvalue weighted by atomic mass is 35.5. The largest absolute Gasteiger partial charge is 0.287 e. The molecule has 0 bridgehead atoms. The van der Waals surface area contributed by atoms with Gasteiger partial charge in [-0.2, -0.15) is 0 Å². The molecule has 0 aromatic heterocycles. The van der Waals surface area contributed by atoms with Crippen molar-refractivity contribution >= 4 is 41.1 Å². The lowest BCUT2D eigenvalue weighted by molar-refractivity contribution is -0.110. The van der Waals surface area contributed by atoms with E-state index >= 15 is 0 Å². The van der Waals surface area contributed by atoms with Crippen LogP contribution in [0.1, 0.15) is 5.56 Å². The van der Waals surface area contributed by atoms with Crippen molar-refractivity contribution in [3.05, 3.63) is 59.1 Å². The first kappa shape index (κ1) is 13.5. The Bertz CT molecular complexity index is 535. The molecule has 0 unspecified atom stereocenters. The Morgan fingerprint density at radius 1 is 1.00 bits per heavy atom. The van der Waals surface area contributed by atoms with Crippen molar-refractivity contribution in [2.45, 2.75) is 16.2 Å². The number of hydrogen-bond donors (Lipinski definition) is 1. The molecule has 1 nitrogen and oxygen atoms in total. The minimum absolute atomic E-state index is 0.117. The van der Waals surface area contributed by atoms with E-state index < -0.39 is 0 Å². The minimum atomic E-state index is -0.117. The number of rotatable bonds is 4. The van der Waals surface area contributed by atoms with Crippen LogP contribution in [0, 0.1) is 0 Å². The van der Waals surface area contributed by atoms with Gasteiger partial charge in [0.15, 0.2) is 5.12 Å². The van der Waals surface area contributed by atoms with E-state index in [4.69, 9.17) is 11.6 Å². The Hall–Kier alpha value is -0.900. The van der Waals surface area contributed by atoms with Crippen LogP contribution in [0.5, 0.6) is 0 Å². The predicted octanol–water partition coefficient (Wildman–Crippen LogP) is 4.49. The molecule has 0 spiro atoms. The van der Waals surface area contributed by atoms with E-state index in [0.717, 1.165) is 20.4 Å². The van der Waals surface area contributed by atoms with Crippen LogP contribution < -0.4 is 0 Å². The molecule has 92 valence electrons. The Balaban J connectivity index is 2.06. The van der Waals surface area contributed by atoms with Crippen LogP contribution in [0.4, 0.5) is 0 Å². The van der Waals surface area contributed by atoms with Gasteiger partial charge in [-0.05, 0) is 42.0 Å². The fourth-order valence-corrected chi connectivity index (χ4v) is 2.61. The first-order valence-electron chi connectivity index (χ1n) is 5.37. The molecule has 0 aliphatic carbocycles. The van der Waals surface area contributed by atoms with Crippen molar-refractivity contribution in [1.29, 1.82) is 0 Å². The van der Waals surface area contributed by atoms with Crippen molar-refractivity contribution in [2.75, 3.05) is 0 Å². The molecule has 0 aliphatic heterocycles. The summed E-state index contributed by atoms with van der Waals surface area (Å²) in [7, 11) is 0. The summed E-state index contributed by atoms with van der Waals surface area (Å²) < 4.78 is 0. The van der Waals surface area contributed by atoms with Crippen LogP contribution in [-0.4, -0.2) is 5.12 Å². The second-order valence-electron chi connectivity index (χ2n) is 3.77. The van der Waals surface area contributed by atoms with E-state index in [9.17, 15) is 4.79 Å². The van der Waals surface area contributed by atoms with Gasteiger partial charge < -0.3 is 0 Å². The number of benzene rings is 2. The van der Waals surface area contributed by atoms with Crippen LogP contribution in [0.2, 0.25) is 5.02 Å². The third-order valence-electron chi connectivity index (χ3n) is 2.33. The number of carbonyl (C=O) groups is 1. The molecule has 0 saturated heterocycles. The van der Waals surface area contributed by atoms with Crippen molar-refractivity contribution in [3.8, 4) is 0 Å². The summed E-state index contributed by atoms with van der Waals surface area (Å²) in [6.07, 6.45) is 0.370. The van der Waals surface area contributed by atoms with E-state index in [1.165, 1.54) is 0 Å². The average Bonchev–Trinajstić information content (AvgIpc) is 2.34. The molecule has 0 amide bonds. The smallest absolute Gasteiger partial charge is 0.190 e. The van der Waals surface area contributed by atoms with Gasteiger partial charge in [0.25, 0.3) is 0 Å². The topological polar surface area (TPSA) is 17.1 Å². The third-order valence-corrected chi connectivity index (χ3v) is 3.75. The Kier molecular flexibility index (Phi) is 4.75. The van der Waals surface area contributed by atoms with Gasteiger partial charge in [0.05, 0.1) is 0 Å². The van der Waals surface area contributed by atoms with Crippen LogP contribution >= 0.6 is 36.0 Å². The zero-order valence-electron chi connectivity index (χ0n) is 9.47. The summed E-state index contributed by atoms with van der Waals surface area (Å²) in [6.45, 7) is 0. The molecular formula is C14H11ClOS2. The van der Waals surface area contributed by atoms with Gasteiger partial charge in [-0.3, -0.25) is 4.79 Å². The summed E-state index contributed by atoms with van der Waals surface area (Å²) in [5.41, 5.74) is 0.982. The zero-order valence-corrected chi connectivity index (χ0v) is 11.9. The maximum atomic E-state index is 10.9. The first-order chi connectivity index (χ1) is 8.63. The van der Waals surface area contributed by atoms with Crippen molar-refractivity contribution in [1.82, 2.24) is 0 Å². The zero-order chi connectivity index (χ0) is 13.0. The Morgan fingerprint density at radius 2 is 1.50 bits per heavy atom. The molecule has 0 heterocycles. The summed E-state index contributed by atoms with van der Waals surface area (Å²) in [6, 6.07) is 15.6. The molecule has 0 fully saturated rings. The lowest BCUT2D eigenvalue weighted by Gasteiger charge is -2.03. The molecule has 4 heteroatoms. The SMILES string of the molecule is O=C(S)Cc1ccc(Sc2ccc(Cl)cc2)cc1. The molecule has 2 rings (SSSR count). The van der Waals surface area contributed by atoms with Crippen molar-refractivity contribution in [3.63, 3.8) is 0 Å². The maximum Gasteiger partial charge on any atom is 0.190 e. The summed E-state index contributed by atoms with van der Waals surface area (Å²) in [5, 5.41) is 0.620. The van der Waals surface area contributed by atoms with Crippen LogP contribution in [0.3, 0.4) is 0 Å².